The van der Waals surface area contributed by atoms with Crippen LogP contribution in [0, 0.1) is 17.5 Å². The van der Waals surface area contributed by atoms with Crippen LogP contribution in [0.15, 0.2) is 34.5 Å². The van der Waals surface area contributed by atoms with E-state index < -0.39 is 57.3 Å². The molecule has 1 saturated heterocycles. The molecule has 0 radical (unpaired) electrons. The van der Waals surface area contributed by atoms with Crippen molar-refractivity contribution in [3.63, 3.8) is 0 Å². The Hall–Kier alpha value is -3.64. The highest BCUT2D eigenvalue weighted by Crippen LogP contribution is 2.39. The number of halogens is 5. The maximum Gasteiger partial charge on any atom is 0.341 e. The van der Waals surface area contributed by atoms with Crippen molar-refractivity contribution < 1.29 is 27.5 Å². The Labute approximate surface area is 200 Å². The predicted molar refractivity (Wildman–Crippen MR) is 122 cm³/mol. The summed E-state index contributed by atoms with van der Waals surface area (Å²) in [5.74, 6) is -6.96. The zero-order valence-corrected chi connectivity index (χ0v) is 18.7. The van der Waals surface area contributed by atoms with Crippen LogP contribution >= 0.6 is 11.6 Å². The van der Waals surface area contributed by atoms with Crippen molar-refractivity contribution in [3.8, 4) is 5.82 Å². The summed E-state index contributed by atoms with van der Waals surface area (Å²) >= 11 is 6.54. The topological polar surface area (TPSA) is 127 Å². The van der Waals surface area contributed by atoms with Gasteiger partial charge in [0.2, 0.25) is 5.43 Å². The summed E-state index contributed by atoms with van der Waals surface area (Å²) in [4.78, 5) is 29.6. The monoisotopic (exact) mass is 511 g/mol. The van der Waals surface area contributed by atoms with Crippen LogP contribution in [-0.2, 0) is 0 Å². The lowest BCUT2D eigenvalue weighted by Crippen LogP contribution is -2.33. The Bertz CT molecular complexity index is 1470. The molecule has 5 N–H and O–H groups in total. The first-order valence-electron chi connectivity index (χ1n) is 10.3. The van der Waals surface area contributed by atoms with Crippen molar-refractivity contribution in [3.05, 3.63) is 68.0 Å². The fourth-order valence-corrected chi connectivity index (χ4v) is 4.48. The Morgan fingerprint density at radius 3 is 2.57 bits per heavy atom. The third kappa shape index (κ3) is 4.19. The maximum atomic E-state index is 15.3. The van der Waals surface area contributed by atoms with E-state index in [1.54, 1.807) is 0 Å². The van der Waals surface area contributed by atoms with E-state index in [0.29, 0.717) is 24.5 Å². The van der Waals surface area contributed by atoms with Crippen LogP contribution in [0.3, 0.4) is 0 Å². The number of carboxylic acids is 1. The van der Waals surface area contributed by atoms with Crippen molar-refractivity contribution in [1.82, 2.24) is 9.55 Å². The van der Waals surface area contributed by atoms with Gasteiger partial charge in [0.1, 0.15) is 17.2 Å². The largest absolute Gasteiger partial charge is 0.477 e. The number of piperidine rings is 1. The molecule has 1 aliphatic rings. The van der Waals surface area contributed by atoms with E-state index in [1.807, 2.05) is 0 Å². The Morgan fingerprint density at radius 1 is 1.20 bits per heavy atom. The number of hydrogen-bond donors (Lipinski definition) is 3. The minimum Gasteiger partial charge on any atom is -0.477 e. The molecule has 184 valence electrons. The number of nitrogens with two attached hydrogens (primary N) is 2. The second-order valence-electron chi connectivity index (χ2n) is 7.86. The highest BCUT2D eigenvalue weighted by molar-refractivity contribution is 6.38. The van der Waals surface area contributed by atoms with Gasteiger partial charge in [-0.15, -0.1) is 0 Å². The van der Waals surface area contributed by atoms with Gasteiger partial charge in [0.25, 0.3) is 0 Å². The van der Waals surface area contributed by atoms with E-state index in [2.05, 4.69) is 4.98 Å². The number of rotatable bonds is 4. The Morgan fingerprint density at radius 2 is 1.91 bits per heavy atom. The standard InChI is InChI=1S/C22H18ClF4N5O3/c23-16-17-10(4-12(24)18(16)31-3-1-2-9(7-31)15(27)6-28)19(33)11(22(34)35)8-32(17)21-14(26)5-13(25)20(29)30-21/h4-5,8H,1-3,6-7,28H2,(H2,29,30)(H,34,35). The molecule has 0 spiro atoms. The van der Waals surface area contributed by atoms with Crippen LogP contribution in [0.5, 0.6) is 0 Å². The van der Waals surface area contributed by atoms with Crippen LogP contribution < -0.4 is 21.8 Å². The maximum absolute atomic E-state index is 15.3. The number of nitrogen functional groups attached to an aromatic ring is 1. The molecule has 8 nitrogen and oxygen atoms in total. The number of anilines is 2. The molecule has 0 unspecified atom stereocenters. The molecular formula is C22H18ClF4N5O3. The zero-order valence-electron chi connectivity index (χ0n) is 17.9. The Kier molecular flexibility index (Phi) is 6.43. The molecule has 1 fully saturated rings. The lowest BCUT2D eigenvalue weighted by molar-refractivity contribution is 0.0695. The molecule has 0 bridgehead atoms. The van der Waals surface area contributed by atoms with Crippen LogP contribution in [-0.4, -0.2) is 40.3 Å². The van der Waals surface area contributed by atoms with Crippen molar-refractivity contribution in [2.24, 2.45) is 5.73 Å². The number of benzene rings is 1. The average molecular weight is 512 g/mol. The first kappa shape index (κ1) is 24.5. The van der Waals surface area contributed by atoms with E-state index in [9.17, 15) is 27.9 Å². The molecule has 3 aromatic rings. The van der Waals surface area contributed by atoms with E-state index in [4.69, 9.17) is 23.1 Å². The summed E-state index contributed by atoms with van der Waals surface area (Å²) in [5, 5.41) is 8.60. The molecule has 1 aliphatic heterocycles. The minimum absolute atomic E-state index is 0.0429. The predicted octanol–water partition coefficient (Wildman–Crippen LogP) is 3.52. The van der Waals surface area contributed by atoms with Crippen molar-refractivity contribution in [2.75, 3.05) is 30.3 Å². The van der Waals surface area contributed by atoms with Crippen LogP contribution in [0.25, 0.3) is 16.7 Å². The van der Waals surface area contributed by atoms with Gasteiger partial charge in [-0.1, -0.05) is 11.6 Å². The minimum atomic E-state index is -1.68. The van der Waals surface area contributed by atoms with Gasteiger partial charge in [-0.25, -0.2) is 27.3 Å². The van der Waals surface area contributed by atoms with Gasteiger partial charge in [-0.3, -0.25) is 9.36 Å². The Balaban J connectivity index is 2.07. The number of hydrogen-bond acceptors (Lipinski definition) is 6. The normalized spacial score (nSPS) is 15.5. The van der Waals surface area contributed by atoms with Gasteiger partial charge in [-0.2, -0.15) is 0 Å². The van der Waals surface area contributed by atoms with Gasteiger partial charge in [-0.05, 0) is 24.5 Å². The summed E-state index contributed by atoms with van der Waals surface area (Å²) in [6.45, 7) is -0.0959. The summed E-state index contributed by atoms with van der Waals surface area (Å²) in [7, 11) is 0. The van der Waals surface area contributed by atoms with Gasteiger partial charge < -0.3 is 21.5 Å². The summed E-state index contributed by atoms with van der Waals surface area (Å²) in [6.07, 6.45) is 1.61. The van der Waals surface area contributed by atoms with E-state index in [0.717, 1.165) is 16.8 Å². The molecule has 0 atom stereocenters. The molecule has 1 aromatic carbocycles. The van der Waals surface area contributed by atoms with Crippen molar-refractivity contribution in [2.45, 2.75) is 12.8 Å². The first-order chi connectivity index (χ1) is 16.5. The quantitative estimate of drug-likeness (QED) is 0.457. The van der Waals surface area contributed by atoms with Gasteiger partial charge in [0, 0.05) is 31.9 Å². The number of aromatic nitrogens is 2. The molecular weight excluding hydrogens is 494 g/mol. The number of nitrogens with zero attached hydrogens (tertiary/aromatic N) is 3. The highest BCUT2D eigenvalue weighted by atomic mass is 35.5. The zero-order chi connectivity index (χ0) is 25.6. The van der Waals surface area contributed by atoms with Crippen LogP contribution in [0.2, 0.25) is 5.02 Å². The molecule has 0 saturated carbocycles. The molecule has 13 heteroatoms. The molecule has 2 aromatic heterocycles. The number of carboxylic acid groups (broad SMARTS) is 1. The highest BCUT2D eigenvalue weighted by Gasteiger charge is 2.28. The number of pyridine rings is 2. The SMILES string of the molecule is NCC(F)=C1CCCN(c2c(F)cc3c(=O)c(C(=O)O)cn(-c4nc(N)c(F)cc4F)c3c2Cl)C1. The summed E-state index contributed by atoms with van der Waals surface area (Å²) in [5.41, 5.74) is 8.78. The fraction of sp³-hybridized carbons (Fsp3) is 0.227. The van der Waals surface area contributed by atoms with Crippen LogP contribution in [0.4, 0.5) is 29.1 Å². The molecule has 3 heterocycles. The van der Waals surface area contributed by atoms with Crippen molar-refractivity contribution >= 4 is 40.0 Å². The van der Waals surface area contributed by atoms with Gasteiger partial charge >= 0.3 is 5.97 Å². The number of fused-ring (bicyclic) bond motifs is 1. The second-order valence-corrected chi connectivity index (χ2v) is 8.24. The molecule has 0 aliphatic carbocycles. The van der Waals surface area contributed by atoms with E-state index in [-0.39, 0.29) is 35.9 Å². The van der Waals surface area contributed by atoms with Crippen molar-refractivity contribution in [1.29, 1.82) is 0 Å². The lowest BCUT2D eigenvalue weighted by atomic mass is 10.0. The third-order valence-electron chi connectivity index (χ3n) is 5.72. The molecule has 4 rings (SSSR count). The van der Waals surface area contributed by atoms with Crippen LogP contribution in [0.1, 0.15) is 23.2 Å². The summed E-state index contributed by atoms with van der Waals surface area (Å²) in [6, 6.07) is 1.20. The smallest absolute Gasteiger partial charge is 0.341 e. The first-order valence-corrected chi connectivity index (χ1v) is 10.7. The molecule has 35 heavy (non-hydrogen) atoms. The van der Waals surface area contributed by atoms with Gasteiger partial charge in [0.15, 0.2) is 23.3 Å². The average Bonchev–Trinajstić information content (AvgIpc) is 2.81. The second kappa shape index (κ2) is 9.19. The van der Waals surface area contributed by atoms with Gasteiger partial charge in [0.05, 0.1) is 21.6 Å². The van der Waals surface area contributed by atoms with E-state index in [1.165, 1.54) is 4.90 Å². The lowest BCUT2D eigenvalue weighted by Gasteiger charge is -2.32. The number of carbonyl (C=O) groups is 1. The number of aromatic carboxylic acids is 1. The third-order valence-corrected chi connectivity index (χ3v) is 6.08. The molecule has 0 amide bonds. The van der Waals surface area contributed by atoms with E-state index >= 15 is 4.39 Å². The fourth-order valence-electron chi connectivity index (χ4n) is 4.08. The summed E-state index contributed by atoms with van der Waals surface area (Å²) < 4.78 is 58.7.